The molecule has 1 saturated carbocycles. The summed E-state index contributed by atoms with van der Waals surface area (Å²) in [4.78, 5) is 0. The van der Waals surface area contributed by atoms with Gasteiger partial charge in [-0.15, -0.1) is 0 Å². The molecule has 0 aromatic heterocycles. The fourth-order valence-electron chi connectivity index (χ4n) is 3.54. The van der Waals surface area contributed by atoms with Crippen LogP contribution in [0, 0.1) is 17.8 Å². The van der Waals surface area contributed by atoms with E-state index in [-0.39, 0.29) is 0 Å². The summed E-state index contributed by atoms with van der Waals surface area (Å²) in [5, 5.41) is 3.40. The Labute approximate surface area is 109 Å². The molecule has 1 aliphatic rings. The van der Waals surface area contributed by atoms with Crippen molar-refractivity contribution in [3.63, 3.8) is 0 Å². The third-order valence-electron chi connectivity index (χ3n) is 4.71. The van der Waals surface area contributed by atoms with Crippen molar-refractivity contribution in [3.8, 4) is 0 Å². The van der Waals surface area contributed by atoms with Gasteiger partial charge in [0, 0.05) is 0 Å². The molecular weight excluding hydrogens is 206 g/mol. The first kappa shape index (κ1) is 15.0. The van der Waals surface area contributed by atoms with Crippen LogP contribution >= 0.6 is 0 Å². The van der Waals surface area contributed by atoms with Crippen LogP contribution in [-0.4, -0.2) is 13.6 Å². The first-order valence-corrected chi connectivity index (χ1v) is 7.96. The zero-order valence-electron chi connectivity index (χ0n) is 12.3. The van der Waals surface area contributed by atoms with Gasteiger partial charge < -0.3 is 5.32 Å². The Morgan fingerprint density at radius 3 is 2.41 bits per heavy atom. The zero-order chi connectivity index (χ0) is 12.5. The van der Waals surface area contributed by atoms with Crippen molar-refractivity contribution in [1.29, 1.82) is 0 Å². The Morgan fingerprint density at radius 1 is 1.12 bits per heavy atom. The van der Waals surface area contributed by atoms with Gasteiger partial charge >= 0.3 is 0 Å². The van der Waals surface area contributed by atoms with Crippen LogP contribution in [0.3, 0.4) is 0 Å². The minimum absolute atomic E-state index is 0.962. The SMILES string of the molecule is CCCCC(CC)CC1CCCCC1CNC. The molecule has 0 aromatic rings. The predicted octanol–water partition coefficient (Wildman–Crippen LogP) is 4.62. The van der Waals surface area contributed by atoms with Crippen LogP contribution in [0.4, 0.5) is 0 Å². The molecule has 102 valence electrons. The highest BCUT2D eigenvalue weighted by Gasteiger charge is 2.26. The molecule has 0 spiro atoms. The van der Waals surface area contributed by atoms with Gasteiger partial charge in [-0.2, -0.15) is 0 Å². The second-order valence-electron chi connectivity index (χ2n) is 6.01. The molecule has 0 aromatic carbocycles. The maximum atomic E-state index is 3.40. The Bertz CT molecular complexity index is 176. The van der Waals surface area contributed by atoms with Crippen LogP contribution in [-0.2, 0) is 0 Å². The lowest BCUT2D eigenvalue weighted by Gasteiger charge is -2.34. The van der Waals surface area contributed by atoms with E-state index in [0.29, 0.717) is 0 Å². The maximum Gasteiger partial charge on any atom is -0.00209 e. The van der Waals surface area contributed by atoms with E-state index in [9.17, 15) is 0 Å². The minimum Gasteiger partial charge on any atom is -0.319 e. The Hall–Kier alpha value is -0.0400. The molecule has 0 radical (unpaired) electrons. The van der Waals surface area contributed by atoms with Gasteiger partial charge in [-0.3, -0.25) is 0 Å². The fourth-order valence-corrected chi connectivity index (χ4v) is 3.54. The first-order valence-electron chi connectivity index (χ1n) is 7.96. The van der Waals surface area contributed by atoms with Crippen LogP contribution in [0.25, 0.3) is 0 Å². The fraction of sp³-hybridized carbons (Fsp3) is 1.00. The van der Waals surface area contributed by atoms with Gasteiger partial charge in [0.1, 0.15) is 0 Å². The maximum absolute atomic E-state index is 3.40. The lowest BCUT2D eigenvalue weighted by Crippen LogP contribution is -2.30. The monoisotopic (exact) mass is 239 g/mol. The van der Waals surface area contributed by atoms with Crippen LogP contribution in [0.5, 0.6) is 0 Å². The second-order valence-corrected chi connectivity index (χ2v) is 6.01. The standard InChI is InChI=1S/C16H33N/c1-4-6-9-14(5-2)12-15-10-7-8-11-16(15)13-17-3/h14-17H,4-13H2,1-3H3. The van der Waals surface area contributed by atoms with E-state index >= 15 is 0 Å². The smallest absolute Gasteiger partial charge is 0.00209 e. The molecule has 1 rings (SSSR count). The van der Waals surface area contributed by atoms with Crippen molar-refractivity contribution in [2.75, 3.05) is 13.6 Å². The Balaban J connectivity index is 2.38. The predicted molar refractivity (Wildman–Crippen MR) is 77.3 cm³/mol. The third kappa shape index (κ3) is 5.42. The van der Waals surface area contributed by atoms with Crippen molar-refractivity contribution in [3.05, 3.63) is 0 Å². The van der Waals surface area contributed by atoms with Gasteiger partial charge in [0.25, 0.3) is 0 Å². The minimum atomic E-state index is 0.962. The first-order chi connectivity index (χ1) is 8.31. The molecule has 1 aliphatic carbocycles. The van der Waals surface area contributed by atoms with Crippen molar-refractivity contribution < 1.29 is 0 Å². The summed E-state index contributed by atoms with van der Waals surface area (Å²) < 4.78 is 0. The topological polar surface area (TPSA) is 12.0 Å². The molecule has 0 aliphatic heterocycles. The Kier molecular flexibility index (Phi) is 7.92. The van der Waals surface area contributed by atoms with E-state index in [0.717, 1.165) is 17.8 Å². The summed E-state index contributed by atoms with van der Waals surface area (Å²) >= 11 is 0. The summed E-state index contributed by atoms with van der Waals surface area (Å²) in [7, 11) is 2.11. The molecule has 0 amide bonds. The van der Waals surface area contributed by atoms with Crippen molar-refractivity contribution in [2.45, 2.75) is 71.6 Å². The average Bonchev–Trinajstić information content (AvgIpc) is 2.36. The normalized spacial score (nSPS) is 27.0. The van der Waals surface area contributed by atoms with E-state index in [1.165, 1.54) is 64.3 Å². The average molecular weight is 239 g/mol. The Morgan fingerprint density at radius 2 is 1.82 bits per heavy atom. The second kappa shape index (κ2) is 8.97. The molecule has 3 unspecified atom stereocenters. The van der Waals surface area contributed by atoms with Crippen LogP contribution in [0.15, 0.2) is 0 Å². The van der Waals surface area contributed by atoms with Gasteiger partial charge in [-0.25, -0.2) is 0 Å². The molecule has 17 heavy (non-hydrogen) atoms. The number of unbranched alkanes of at least 4 members (excludes halogenated alkanes) is 1. The molecular formula is C16H33N. The van der Waals surface area contributed by atoms with Crippen molar-refractivity contribution in [2.24, 2.45) is 17.8 Å². The highest BCUT2D eigenvalue weighted by Crippen LogP contribution is 2.36. The summed E-state index contributed by atoms with van der Waals surface area (Å²) in [6.45, 7) is 5.95. The molecule has 0 saturated heterocycles. The van der Waals surface area contributed by atoms with Gasteiger partial charge in [-0.1, -0.05) is 58.8 Å². The van der Waals surface area contributed by atoms with Gasteiger partial charge in [0.2, 0.25) is 0 Å². The van der Waals surface area contributed by atoms with Crippen LogP contribution in [0.1, 0.15) is 71.6 Å². The van der Waals surface area contributed by atoms with E-state index in [1.54, 1.807) is 0 Å². The third-order valence-corrected chi connectivity index (χ3v) is 4.71. The largest absolute Gasteiger partial charge is 0.319 e. The summed E-state index contributed by atoms with van der Waals surface area (Å²) in [5.41, 5.74) is 0. The summed E-state index contributed by atoms with van der Waals surface area (Å²) in [6.07, 6.45) is 13.1. The van der Waals surface area contributed by atoms with E-state index in [2.05, 4.69) is 26.2 Å². The molecule has 3 atom stereocenters. The summed E-state index contributed by atoms with van der Waals surface area (Å²) in [5.74, 6) is 2.97. The highest BCUT2D eigenvalue weighted by molar-refractivity contribution is 4.78. The number of rotatable bonds is 8. The molecule has 0 bridgehead atoms. The lowest BCUT2D eigenvalue weighted by atomic mass is 9.73. The highest BCUT2D eigenvalue weighted by atomic mass is 14.8. The van der Waals surface area contributed by atoms with Gasteiger partial charge in [-0.05, 0) is 44.2 Å². The lowest BCUT2D eigenvalue weighted by molar-refractivity contribution is 0.186. The van der Waals surface area contributed by atoms with E-state index in [4.69, 9.17) is 0 Å². The van der Waals surface area contributed by atoms with Gasteiger partial charge in [0.05, 0.1) is 0 Å². The molecule has 0 heterocycles. The van der Waals surface area contributed by atoms with Crippen LogP contribution in [0.2, 0.25) is 0 Å². The van der Waals surface area contributed by atoms with Crippen LogP contribution < -0.4 is 5.32 Å². The van der Waals surface area contributed by atoms with Gasteiger partial charge in [0.15, 0.2) is 0 Å². The number of hydrogen-bond acceptors (Lipinski definition) is 1. The van der Waals surface area contributed by atoms with E-state index < -0.39 is 0 Å². The molecule has 1 nitrogen and oxygen atoms in total. The summed E-state index contributed by atoms with van der Waals surface area (Å²) in [6, 6.07) is 0. The van der Waals surface area contributed by atoms with E-state index in [1.807, 2.05) is 0 Å². The zero-order valence-corrected chi connectivity index (χ0v) is 12.3. The molecule has 1 heteroatoms. The van der Waals surface area contributed by atoms with Crippen molar-refractivity contribution >= 4 is 0 Å². The molecule has 1 fully saturated rings. The van der Waals surface area contributed by atoms with Crippen molar-refractivity contribution in [1.82, 2.24) is 5.32 Å². The number of nitrogens with one attached hydrogen (secondary N) is 1. The quantitative estimate of drug-likeness (QED) is 0.652. The molecule has 1 N–H and O–H groups in total. The number of hydrogen-bond donors (Lipinski definition) is 1.